The van der Waals surface area contributed by atoms with Crippen LogP contribution in [0.25, 0.3) is 0 Å². The van der Waals surface area contributed by atoms with E-state index in [-0.39, 0.29) is 0 Å². The van der Waals surface area contributed by atoms with Gasteiger partial charge in [-0.15, -0.1) is 0 Å². The standard InChI is InChI=1S/C13H21N3O/c1-2-13(17-7-1)5-6-16-9-12(15-10-16)8-14-11-3-4-11/h9-11,13-14H,1-8H2. The van der Waals surface area contributed by atoms with E-state index in [9.17, 15) is 0 Å². The Labute approximate surface area is 102 Å². The molecule has 1 N–H and O–H groups in total. The molecule has 2 aliphatic rings. The van der Waals surface area contributed by atoms with Gasteiger partial charge in [0.05, 0.1) is 18.1 Å². The monoisotopic (exact) mass is 235 g/mol. The van der Waals surface area contributed by atoms with Gasteiger partial charge in [0.2, 0.25) is 0 Å². The van der Waals surface area contributed by atoms with Crippen molar-refractivity contribution in [3.05, 3.63) is 18.2 Å². The Balaban J connectivity index is 1.42. The lowest BCUT2D eigenvalue weighted by atomic mass is 10.2. The van der Waals surface area contributed by atoms with Gasteiger partial charge in [0.15, 0.2) is 0 Å². The van der Waals surface area contributed by atoms with Crippen molar-refractivity contribution < 1.29 is 4.74 Å². The third-order valence-corrected chi connectivity index (χ3v) is 3.57. The first-order valence-corrected chi connectivity index (χ1v) is 6.76. The molecule has 94 valence electrons. The van der Waals surface area contributed by atoms with Crippen LogP contribution in [0.3, 0.4) is 0 Å². The van der Waals surface area contributed by atoms with Gasteiger partial charge in [-0.25, -0.2) is 4.98 Å². The van der Waals surface area contributed by atoms with Crippen molar-refractivity contribution in [2.45, 2.75) is 57.3 Å². The topological polar surface area (TPSA) is 39.1 Å². The summed E-state index contributed by atoms with van der Waals surface area (Å²) in [5.74, 6) is 0. The average Bonchev–Trinajstić information content (AvgIpc) is 2.86. The van der Waals surface area contributed by atoms with E-state index in [0.717, 1.165) is 37.9 Å². The molecule has 1 saturated carbocycles. The van der Waals surface area contributed by atoms with Crippen molar-refractivity contribution in [1.82, 2.24) is 14.9 Å². The Morgan fingerprint density at radius 1 is 1.41 bits per heavy atom. The maximum absolute atomic E-state index is 5.62. The van der Waals surface area contributed by atoms with Crippen LogP contribution >= 0.6 is 0 Å². The van der Waals surface area contributed by atoms with E-state index in [4.69, 9.17) is 4.74 Å². The predicted octanol–water partition coefficient (Wildman–Crippen LogP) is 1.70. The number of hydrogen-bond acceptors (Lipinski definition) is 3. The van der Waals surface area contributed by atoms with Crippen LogP contribution in [0.15, 0.2) is 12.5 Å². The van der Waals surface area contributed by atoms with Gasteiger partial charge in [0.1, 0.15) is 0 Å². The van der Waals surface area contributed by atoms with Crippen LogP contribution in [0, 0.1) is 0 Å². The second-order valence-electron chi connectivity index (χ2n) is 5.18. The summed E-state index contributed by atoms with van der Waals surface area (Å²) in [7, 11) is 0. The normalized spacial score (nSPS) is 24.4. The highest BCUT2D eigenvalue weighted by Crippen LogP contribution is 2.19. The number of nitrogens with zero attached hydrogens (tertiary/aromatic N) is 2. The number of rotatable bonds is 6. The zero-order valence-electron chi connectivity index (χ0n) is 10.3. The Hall–Kier alpha value is -0.870. The molecule has 1 aromatic heterocycles. The molecule has 0 bridgehead atoms. The third kappa shape index (κ3) is 3.30. The molecule has 0 spiro atoms. The summed E-state index contributed by atoms with van der Waals surface area (Å²) in [6.07, 6.45) is 10.8. The molecular formula is C13H21N3O. The molecular weight excluding hydrogens is 214 g/mol. The highest BCUT2D eigenvalue weighted by atomic mass is 16.5. The zero-order chi connectivity index (χ0) is 11.5. The predicted molar refractivity (Wildman–Crippen MR) is 65.7 cm³/mol. The second-order valence-corrected chi connectivity index (χ2v) is 5.18. The molecule has 1 atom stereocenters. The summed E-state index contributed by atoms with van der Waals surface area (Å²) in [5, 5.41) is 3.48. The maximum atomic E-state index is 5.62. The van der Waals surface area contributed by atoms with E-state index < -0.39 is 0 Å². The van der Waals surface area contributed by atoms with Crippen molar-refractivity contribution in [2.75, 3.05) is 6.61 Å². The second kappa shape index (κ2) is 5.19. The Kier molecular flexibility index (Phi) is 3.43. The lowest BCUT2D eigenvalue weighted by Gasteiger charge is -2.08. The Morgan fingerprint density at radius 2 is 2.35 bits per heavy atom. The molecule has 0 radical (unpaired) electrons. The minimum absolute atomic E-state index is 0.477. The van der Waals surface area contributed by atoms with Crippen molar-refractivity contribution in [1.29, 1.82) is 0 Å². The molecule has 2 heterocycles. The van der Waals surface area contributed by atoms with Gasteiger partial charge in [-0.1, -0.05) is 0 Å². The molecule has 1 aliphatic heterocycles. The summed E-state index contributed by atoms with van der Waals surface area (Å²) in [6.45, 7) is 2.89. The summed E-state index contributed by atoms with van der Waals surface area (Å²) < 4.78 is 7.81. The van der Waals surface area contributed by atoms with E-state index in [2.05, 4.69) is 21.1 Å². The lowest BCUT2D eigenvalue weighted by molar-refractivity contribution is 0.100. The number of aryl methyl sites for hydroxylation is 1. The van der Waals surface area contributed by atoms with Crippen molar-refractivity contribution >= 4 is 0 Å². The molecule has 1 saturated heterocycles. The largest absolute Gasteiger partial charge is 0.378 e. The number of nitrogens with one attached hydrogen (secondary N) is 1. The van der Waals surface area contributed by atoms with Crippen molar-refractivity contribution in [3.8, 4) is 0 Å². The van der Waals surface area contributed by atoms with E-state index in [1.165, 1.54) is 25.7 Å². The average molecular weight is 235 g/mol. The quantitative estimate of drug-likeness (QED) is 0.815. The fourth-order valence-electron chi connectivity index (χ4n) is 2.32. The molecule has 0 aromatic carbocycles. The Morgan fingerprint density at radius 3 is 3.12 bits per heavy atom. The van der Waals surface area contributed by atoms with Crippen LogP contribution in [0.2, 0.25) is 0 Å². The first-order chi connectivity index (χ1) is 8.40. The summed E-state index contributed by atoms with van der Waals surface area (Å²) in [6, 6.07) is 0.757. The van der Waals surface area contributed by atoms with E-state index in [0.29, 0.717) is 6.10 Å². The minimum Gasteiger partial charge on any atom is -0.378 e. The Bertz CT molecular complexity index is 353. The van der Waals surface area contributed by atoms with E-state index in [1.807, 2.05) is 6.33 Å². The van der Waals surface area contributed by atoms with Gasteiger partial charge in [-0.2, -0.15) is 0 Å². The van der Waals surface area contributed by atoms with Gasteiger partial charge in [0.25, 0.3) is 0 Å². The number of imidazole rings is 1. The number of ether oxygens (including phenoxy) is 1. The molecule has 4 heteroatoms. The first-order valence-electron chi connectivity index (χ1n) is 6.76. The van der Waals surface area contributed by atoms with Crippen LogP contribution in [-0.2, 0) is 17.8 Å². The smallest absolute Gasteiger partial charge is 0.0949 e. The molecule has 17 heavy (non-hydrogen) atoms. The van der Waals surface area contributed by atoms with Crippen LogP contribution in [0.1, 0.15) is 37.8 Å². The molecule has 1 unspecified atom stereocenters. The third-order valence-electron chi connectivity index (χ3n) is 3.57. The highest BCUT2D eigenvalue weighted by Gasteiger charge is 2.20. The first kappa shape index (κ1) is 11.2. The fraction of sp³-hybridized carbons (Fsp3) is 0.769. The highest BCUT2D eigenvalue weighted by molar-refractivity contribution is 4.97. The van der Waals surface area contributed by atoms with Crippen LogP contribution in [0.4, 0.5) is 0 Å². The van der Waals surface area contributed by atoms with E-state index >= 15 is 0 Å². The summed E-state index contributed by atoms with van der Waals surface area (Å²) >= 11 is 0. The minimum atomic E-state index is 0.477. The fourth-order valence-corrected chi connectivity index (χ4v) is 2.32. The number of hydrogen-bond donors (Lipinski definition) is 1. The van der Waals surface area contributed by atoms with E-state index in [1.54, 1.807) is 0 Å². The van der Waals surface area contributed by atoms with Gasteiger partial charge >= 0.3 is 0 Å². The molecule has 1 aliphatic carbocycles. The van der Waals surface area contributed by atoms with Gasteiger partial charge in [-0.3, -0.25) is 0 Å². The van der Waals surface area contributed by atoms with Crippen molar-refractivity contribution in [2.24, 2.45) is 0 Å². The van der Waals surface area contributed by atoms with Crippen LogP contribution in [-0.4, -0.2) is 28.3 Å². The lowest BCUT2D eigenvalue weighted by Crippen LogP contribution is -2.15. The summed E-state index contributed by atoms with van der Waals surface area (Å²) in [4.78, 5) is 4.42. The van der Waals surface area contributed by atoms with Crippen LogP contribution < -0.4 is 5.32 Å². The maximum Gasteiger partial charge on any atom is 0.0949 e. The number of aromatic nitrogens is 2. The molecule has 1 aromatic rings. The van der Waals surface area contributed by atoms with Gasteiger partial charge < -0.3 is 14.6 Å². The molecule has 0 amide bonds. The molecule has 3 rings (SSSR count). The van der Waals surface area contributed by atoms with Gasteiger partial charge in [-0.05, 0) is 32.1 Å². The van der Waals surface area contributed by atoms with Crippen molar-refractivity contribution in [3.63, 3.8) is 0 Å². The SMILES string of the molecule is c1nc(CNC2CC2)cn1CCC1CCCO1. The van der Waals surface area contributed by atoms with Gasteiger partial charge in [0, 0.05) is 31.9 Å². The van der Waals surface area contributed by atoms with Crippen LogP contribution in [0.5, 0.6) is 0 Å². The molecule has 4 nitrogen and oxygen atoms in total. The summed E-state index contributed by atoms with van der Waals surface area (Å²) in [5.41, 5.74) is 1.16. The zero-order valence-corrected chi connectivity index (χ0v) is 10.3. The molecule has 2 fully saturated rings.